The Kier molecular flexibility index (Phi) is 3.47. The highest BCUT2D eigenvalue weighted by Crippen LogP contribution is 2.28. The molecule has 0 bridgehead atoms. The summed E-state index contributed by atoms with van der Waals surface area (Å²) < 4.78 is 0. The van der Waals surface area contributed by atoms with Crippen molar-refractivity contribution in [3.05, 3.63) is 29.3 Å². The fourth-order valence-electron chi connectivity index (χ4n) is 2.91. The zero-order valence-electron chi connectivity index (χ0n) is 11.6. The molecule has 0 aliphatic carbocycles. The van der Waals surface area contributed by atoms with E-state index in [1.54, 1.807) is 12.1 Å². The fraction of sp³-hybridized carbons (Fsp3) is 0.400. The number of benzene rings is 1. The predicted octanol–water partition coefficient (Wildman–Crippen LogP) is 0.924. The summed E-state index contributed by atoms with van der Waals surface area (Å²) in [5, 5.41) is 3.11. The normalized spacial score (nSPS) is 22.1. The summed E-state index contributed by atoms with van der Waals surface area (Å²) in [6.07, 6.45) is 3.60. The standard InChI is InChI=1S/C15H17N3O3/c16-10-6-4-5-9-12(10)15(21)18(13(9)19)14(20)11-7-2-1-3-8-17-11/h4-6,11,17H,1-3,7-8,16H2. The van der Waals surface area contributed by atoms with E-state index in [0.29, 0.717) is 6.42 Å². The molecule has 1 unspecified atom stereocenters. The zero-order chi connectivity index (χ0) is 15.0. The second-order valence-corrected chi connectivity index (χ2v) is 5.41. The van der Waals surface area contributed by atoms with Crippen LogP contribution < -0.4 is 11.1 Å². The summed E-state index contributed by atoms with van der Waals surface area (Å²) in [7, 11) is 0. The average molecular weight is 287 g/mol. The Morgan fingerprint density at radius 1 is 1.19 bits per heavy atom. The van der Waals surface area contributed by atoms with Crippen molar-refractivity contribution in [3.63, 3.8) is 0 Å². The average Bonchev–Trinajstić information content (AvgIpc) is 2.66. The molecule has 6 heteroatoms. The summed E-state index contributed by atoms with van der Waals surface area (Å²) in [6, 6.07) is 4.22. The lowest BCUT2D eigenvalue weighted by Gasteiger charge is -2.20. The topological polar surface area (TPSA) is 92.5 Å². The molecule has 1 aromatic carbocycles. The Morgan fingerprint density at radius 2 is 2.00 bits per heavy atom. The van der Waals surface area contributed by atoms with Gasteiger partial charge in [-0.15, -0.1) is 0 Å². The van der Waals surface area contributed by atoms with Gasteiger partial charge >= 0.3 is 0 Å². The molecule has 1 saturated heterocycles. The number of carbonyl (C=O) groups excluding carboxylic acids is 3. The van der Waals surface area contributed by atoms with Crippen LogP contribution in [0, 0.1) is 0 Å². The van der Waals surface area contributed by atoms with Gasteiger partial charge in [0.05, 0.1) is 17.2 Å². The maximum atomic E-state index is 12.5. The van der Waals surface area contributed by atoms with Gasteiger partial charge in [0.25, 0.3) is 17.7 Å². The molecule has 2 aliphatic heterocycles. The van der Waals surface area contributed by atoms with Crippen molar-refractivity contribution in [2.75, 3.05) is 12.3 Å². The van der Waals surface area contributed by atoms with Crippen molar-refractivity contribution in [1.82, 2.24) is 10.2 Å². The summed E-state index contributed by atoms with van der Waals surface area (Å²) in [5.41, 5.74) is 6.35. The summed E-state index contributed by atoms with van der Waals surface area (Å²) in [4.78, 5) is 38.0. The van der Waals surface area contributed by atoms with Crippen LogP contribution in [0.25, 0.3) is 0 Å². The number of carbonyl (C=O) groups is 3. The quantitative estimate of drug-likeness (QED) is 0.592. The molecule has 3 rings (SSSR count). The van der Waals surface area contributed by atoms with Crippen molar-refractivity contribution in [3.8, 4) is 0 Å². The molecule has 21 heavy (non-hydrogen) atoms. The van der Waals surface area contributed by atoms with E-state index in [2.05, 4.69) is 5.32 Å². The van der Waals surface area contributed by atoms with Gasteiger partial charge in [-0.25, -0.2) is 4.90 Å². The fourth-order valence-corrected chi connectivity index (χ4v) is 2.91. The monoisotopic (exact) mass is 287 g/mol. The van der Waals surface area contributed by atoms with E-state index in [9.17, 15) is 14.4 Å². The third kappa shape index (κ3) is 2.21. The van der Waals surface area contributed by atoms with Gasteiger partial charge in [-0.05, 0) is 31.5 Å². The molecule has 0 spiro atoms. The molecule has 0 radical (unpaired) electrons. The summed E-state index contributed by atoms with van der Waals surface area (Å²) >= 11 is 0. The first-order valence-electron chi connectivity index (χ1n) is 7.16. The molecule has 3 N–H and O–H groups in total. The van der Waals surface area contributed by atoms with Gasteiger partial charge in [-0.2, -0.15) is 0 Å². The number of imide groups is 3. The van der Waals surface area contributed by atoms with Crippen LogP contribution >= 0.6 is 0 Å². The molecule has 6 nitrogen and oxygen atoms in total. The minimum atomic E-state index is -0.607. The Bertz CT molecular complexity index is 619. The van der Waals surface area contributed by atoms with Crippen LogP contribution in [0.2, 0.25) is 0 Å². The minimum absolute atomic E-state index is 0.143. The van der Waals surface area contributed by atoms with E-state index in [0.717, 1.165) is 30.7 Å². The van der Waals surface area contributed by atoms with Gasteiger partial charge in [-0.1, -0.05) is 18.9 Å². The van der Waals surface area contributed by atoms with Crippen LogP contribution in [-0.2, 0) is 4.79 Å². The second kappa shape index (κ2) is 5.29. The van der Waals surface area contributed by atoms with E-state index < -0.39 is 23.8 Å². The van der Waals surface area contributed by atoms with Crippen molar-refractivity contribution in [2.45, 2.75) is 31.7 Å². The van der Waals surface area contributed by atoms with Gasteiger partial charge in [0.1, 0.15) is 0 Å². The van der Waals surface area contributed by atoms with E-state index in [1.165, 1.54) is 6.07 Å². The lowest BCUT2D eigenvalue weighted by molar-refractivity contribution is -0.128. The van der Waals surface area contributed by atoms with Crippen LogP contribution in [0.1, 0.15) is 46.4 Å². The molecule has 2 heterocycles. The number of hydrogen-bond acceptors (Lipinski definition) is 5. The number of fused-ring (bicyclic) bond motifs is 1. The van der Waals surface area contributed by atoms with E-state index >= 15 is 0 Å². The highest BCUT2D eigenvalue weighted by molar-refractivity contribution is 6.31. The van der Waals surface area contributed by atoms with Crippen LogP contribution in [0.15, 0.2) is 18.2 Å². The number of nitrogens with one attached hydrogen (secondary N) is 1. The first-order chi connectivity index (χ1) is 10.1. The SMILES string of the molecule is Nc1cccc2c1C(=O)N(C(=O)C1CCCCCN1)C2=O. The lowest BCUT2D eigenvalue weighted by Crippen LogP contribution is -2.48. The van der Waals surface area contributed by atoms with Crippen molar-refractivity contribution >= 4 is 23.4 Å². The Morgan fingerprint density at radius 3 is 2.76 bits per heavy atom. The smallest absolute Gasteiger partial charge is 0.270 e. The van der Waals surface area contributed by atoms with E-state index in [4.69, 9.17) is 5.73 Å². The zero-order valence-corrected chi connectivity index (χ0v) is 11.6. The van der Waals surface area contributed by atoms with Crippen molar-refractivity contribution < 1.29 is 14.4 Å². The molecular formula is C15H17N3O3. The van der Waals surface area contributed by atoms with Gasteiger partial charge in [0.15, 0.2) is 0 Å². The first-order valence-corrected chi connectivity index (χ1v) is 7.16. The summed E-state index contributed by atoms with van der Waals surface area (Å²) in [5.74, 6) is -1.65. The number of nitrogens with two attached hydrogens (primary N) is 1. The molecular weight excluding hydrogens is 270 g/mol. The highest BCUT2D eigenvalue weighted by atomic mass is 16.2. The van der Waals surface area contributed by atoms with Crippen LogP contribution in [-0.4, -0.2) is 35.2 Å². The van der Waals surface area contributed by atoms with Crippen molar-refractivity contribution in [1.29, 1.82) is 0 Å². The number of anilines is 1. The minimum Gasteiger partial charge on any atom is -0.398 e. The number of hydrogen-bond donors (Lipinski definition) is 2. The van der Waals surface area contributed by atoms with Crippen molar-refractivity contribution in [2.24, 2.45) is 0 Å². The third-order valence-electron chi connectivity index (χ3n) is 4.03. The third-order valence-corrected chi connectivity index (χ3v) is 4.03. The first kappa shape index (κ1) is 13.8. The van der Waals surface area contributed by atoms with Crippen LogP contribution in [0.5, 0.6) is 0 Å². The molecule has 1 fully saturated rings. The Labute approximate surface area is 122 Å². The predicted molar refractivity (Wildman–Crippen MR) is 76.6 cm³/mol. The van der Waals surface area contributed by atoms with Gasteiger partial charge < -0.3 is 11.1 Å². The van der Waals surface area contributed by atoms with Crippen LogP contribution in [0.4, 0.5) is 5.69 Å². The van der Waals surface area contributed by atoms with Gasteiger partial charge in [0.2, 0.25) is 0 Å². The summed E-state index contributed by atoms with van der Waals surface area (Å²) in [6.45, 7) is 0.724. The van der Waals surface area contributed by atoms with E-state index in [1.807, 2.05) is 0 Å². The number of nitrogens with zero attached hydrogens (tertiary/aromatic N) is 1. The number of rotatable bonds is 1. The maximum absolute atomic E-state index is 12.5. The molecule has 0 saturated carbocycles. The Balaban J connectivity index is 1.90. The highest BCUT2D eigenvalue weighted by Gasteiger charge is 2.43. The van der Waals surface area contributed by atoms with Gasteiger partial charge in [0, 0.05) is 5.69 Å². The molecule has 3 amide bonds. The number of nitrogen functional groups attached to an aromatic ring is 1. The Hall–Kier alpha value is -2.21. The number of amides is 3. The molecule has 1 aromatic rings. The molecule has 2 aliphatic rings. The second-order valence-electron chi connectivity index (χ2n) is 5.41. The molecule has 1 atom stereocenters. The largest absolute Gasteiger partial charge is 0.398 e. The maximum Gasteiger partial charge on any atom is 0.270 e. The molecule has 110 valence electrons. The van der Waals surface area contributed by atoms with Crippen LogP contribution in [0.3, 0.4) is 0 Å². The van der Waals surface area contributed by atoms with E-state index in [-0.39, 0.29) is 16.8 Å². The molecule has 0 aromatic heterocycles. The lowest BCUT2D eigenvalue weighted by atomic mass is 10.1. The van der Waals surface area contributed by atoms with Gasteiger partial charge in [-0.3, -0.25) is 14.4 Å².